The summed E-state index contributed by atoms with van der Waals surface area (Å²) >= 11 is 1.72. The molecule has 154 valence electrons. The van der Waals surface area contributed by atoms with Crippen LogP contribution in [-0.2, 0) is 10.3 Å². The first-order valence-electron chi connectivity index (χ1n) is 10.5. The van der Waals surface area contributed by atoms with Crippen LogP contribution in [0.3, 0.4) is 0 Å². The number of benzene rings is 2. The minimum atomic E-state index is -0.969. The van der Waals surface area contributed by atoms with Crippen LogP contribution in [0.25, 0.3) is 10.2 Å². The molecular weight excluding hydrogens is 396 g/mol. The quantitative estimate of drug-likeness (QED) is 0.623. The van der Waals surface area contributed by atoms with E-state index in [0.29, 0.717) is 13.1 Å². The fourth-order valence-electron chi connectivity index (χ4n) is 4.77. The van der Waals surface area contributed by atoms with E-state index in [2.05, 4.69) is 11.4 Å². The Hall–Kier alpha value is -2.77. The SMILES string of the molecule is CC[C@@]1(c2ccccc2)NC(=O)N(C[NH+]2CCC[C@@H]2c2nc3ccccc3s2)C1=O. The minimum Gasteiger partial charge on any atom is -0.319 e. The van der Waals surface area contributed by atoms with E-state index < -0.39 is 5.54 Å². The van der Waals surface area contributed by atoms with E-state index in [1.807, 2.05) is 55.5 Å². The molecule has 0 radical (unpaired) electrons. The van der Waals surface area contributed by atoms with Gasteiger partial charge in [-0.25, -0.2) is 14.7 Å². The number of thiazole rings is 1. The maximum absolute atomic E-state index is 13.5. The van der Waals surface area contributed by atoms with Gasteiger partial charge in [0, 0.05) is 12.8 Å². The molecule has 2 fully saturated rings. The van der Waals surface area contributed by atoms with E-state index in [-0.39, 0.29) is 18.0 Å². The second-order valence-corrected chi connectivity index (χ2v) is 9.13. The second-order valence-electron chi connectivity index (χ2n) is 8.07. The standard InChI is InChI=1S/C23H24N4O2S/c1-2-23(16-9-4-3-5-10-16)21(28)27(22(29)25-23)15-26-14-8-12-18(26)20-24-17-11-6-7-13-19(17)30-20/h3-7,9-11,13,18H,2,8,12,14-15H2,1H3,(H,25,29)/p+1/t18-,23+/m1/s1. The summed E-state index contributed by atoms with van der Waals surface area (Å²) < 4.78 is 1.18. The van der Waals surface area contributed by atoms with E-state index in [9.17, 15) is 9.59 Å². The predicted molar refractivity (Wildman–Crippen MR) is 116 cm³/mol. The number of nitrogens with one attached hydrogen (secondary N) is 2. The van der Waals surface area contributed by atoms with Crippen LogP contribution in [-0.4, -0.2) is 35.0 Å². The van der Waals surface area contributed by atoms with Gasteiger partial charge >= 0.3 is 6.03 Å². The van der Waals surface area contributed by atoms with Gasteiger partial charge in [0.05, 0.1) is 16.8 Å². The average molecular weight is 422 g/mol. The maximum Gasteiger partial charge on any atom is 0.329 e. The van der Waals surface area contributed by atoms with Crippen LogP contribution in [0.15, 0.2) is 54.6 Å². The van der Waals surface area contributed by atoms with Crippen molar-refractivity contribution >= 4 is 33.5 Å². The van der Waals surface area contributed by atoms with Crippen molar-refractivity contribution in [2.75, 3.05) is 13.2 Å². The molecule has 2 saturated heterocycles. The number of nitrogens with zero attached hydrogens (tertiary/aromatic N) is 2. The number of hydrogen-bond acceptors (Lipinski definition) is 4. The van der Waals surface area contributed by atoms with Crippen LogP contribution in [0.2, 0.25) is 0 Å². The molecular formula is C23H25N4O2S+. The summed E-state index contributed by atoms with van der Waals surface area (Å²) in [6, 6.07) is 17.7. The van der Waals surface area contributed by atoms with Gasteiger partial charge in [0.15, 0.2) is 11.7 Å². The lowest BCUT2D eigenvalue weighted by molar-refractivity contribution is -0.925. The van der Waals surface area contributed by atoms with Crippen molar-refractivity contribution in [2.45, 2.75) is 37.8 Å². The van der Waals surface area contributed by atoms with Crippen LogP contribution in [0.5, 0.6) is 0 Å². The molecule has 2 aromatic carbocycles. The lowest BCUT2D eigenvalue weighted by Crippen LogP contribution is -3.12. The third-order valence-electron chi connectivity index (χ3n) is 6.43. The van der Waals surface area contributed by atoms with Gasteiger partial charge in [0.2, 0.25) is 0 Å². The molecule has 2 aliphatic rings. The van der Waals surface area contributed by atoms with Crippen molar-refractivity contribution in [3.63, 3.8) is 0 Å². The van der Waals surface area contributed by atoms with Gasteiger partial charge in [0.25, 0.3) is 5.91 Å². The summed E-state index contributed by atoms with van der Waals surface area (Å²) in [5.74, 6) is -0.149. The first-order chi connectivity index (χ1) is 14.6. The van der Waals surface area contributed by atoms with Crippen molar-refractivity contribution in [1.82, 2.24) is 15.2 Å². The molecule has 3 atom stereocenters. The fourth-order valence-corrected chi connectivity index (χ4v) is 5.93. The Labute approximate surface area is 179 Å². The third-order valence-corrected chi connectivity index (χ3v) is 7.58. The van der Waals surface area contributed by atoms with Gasteiger partial charge in [-0.05, 0) is 24.1 Å². The summed E-state index contributed by atoms with van der Waals surface area (Å²) in [5, 5.41) is 4.09. The van der Waals surface area contributed by atoms with Crippen molar-refractivity contribution in [3.05, 3.63) is 65.2 Å². The molecule has 7 heteroatoms. The Morgan fingerprint density at radius 3 is 2.70 bits per heavy atom. The van der Waals surface area contributed by atoms with E-state index in [1.54, 1.807) is 11.3 Å². The fraction of sp³-hybridized carbons (Fsp3) is 0.348. The van der Waals surface area contributed by atoms with Crippen LogP contribution in [0, 0.1) is 0 Å². The highest BCUT2D eigenvalue weighted by atomic mass is 32.1. The molecule has 0 aliphatic carbocycles. The lowest BCUT2D eigenvalue weighted by Gasteiger charge is -2.27. The minimum absolute atomic E-state index is 0.149. The highest BCUT2D eigenvalue weighted by Gasteiger charge is 2.53. The third kappa shape index (κ3) is 3.00. The molecule has 6 nitrogen and oxygen atoms in total. The van der Waals surface area contributed by atoms with Crippen LogP contribution in [0.1, 0.15) is 42.8 Å². The number of urea groups is 1. The highest BCUT2D eigenvalue weighted by molar-refractivity contribution is 7.18. The number of imide groups is 1. The molecule has 3 amide bonds. The molecule has 0 spiro atoms. The van der Waals surface area contributed by atoms with Gasteiger partial charge in [-0.1, -0.05) is 49.4 Å². The number of aromatic nitrogens is 1. The predicted octanol–water partition coefficient (Wildman–Crippen LogP) is 2.83. The van der Waals surface area contributed by atoms with Gasteiger partial charge in [-0.3, -0.25) is 4.79 Å². The number of fused-ring (bicyclic) bond motifs is 1. The van der Waals surface area contributed by atoms with Gasteiger partial charge in [-0.15, -0.1) is 11.3 Å². The zero-order valence-corrected chi connectivity index (χ0v) is 17.7. The van der Waals surface area contributed by atoms with Crippen molar-refractivity contribution in [1.29, 1.82) is 0 Å². The Morgan fingerprint density at radius 2 is 1.93 bits per heavy atom. The number of quaternary nitrogens is 1. The topological polar surface area (TPSA) is 66.7 Å². The highest BCUT2D eigenvalue weighted by Crippen LogP contribution is 2.33. The molecule has 1 aromatic heterocycles. The Kier molecular flexibility index (Phi) is 4.79. The van der Waals surface area contributed by atoms with Gasteiger partial charge < -0.3 is 10.2 Å². The number of hydrogen-bond donors (Lipinski definition) is 2. The molecule has 3 heterocycles. The smallest absolute Gasteiger partial charge is 0.319 e. The first-order valence-corrected chi connectivity index (χ1v) is 11.3. The van der Waals surface area contributed by atoms with E-state index >= 15 is 0 Å². The number of para-hydroxylation sites is 1. The maximum atomic E-state index is 13.5. The molecule has 5 rings (SSSR count). The Bertz CT molecular complexity index is 1070. The number of carbonyl (C=O) groups is 2. The summed E-state index contributed by atoms with van der Waals surface area (Å²) in [6.07, 6.45) is 2.61. The second kappa shape index (κ2) is 7.49. The lowest BCUT2D eigenvalue weighted by atomic mass is 9.87. The molecule has 0 bridgehead atoms. The number of rotatable bonds is 5. The zero-order valence-electron chi connectivity index (χ0n) is 16.9. The van der Waals surface area contributed by atoms with Crippen LogP contribution >= 0.6 is 11.3 Å². The number of likely N-dealkylation sites (tertiary alicyclic amines) is 1. The summed E-state index contributed by atoms with van der Waals surface area (Å²) in [5.41, 5.74) is 0.892. The van der Waals surface area contributed by atoms with Gasteiger partial charge in [0.1, 0.15) is 11.6 Å². The van der Waals surface area contributed by atoms with E-state index in [4.69, 9.17) is 4.98 Å². The molecule has 2 aliphatic heterocycles. The normalized spacial score (nSPS) is 26.5. The molecule has 30 heavy (non-hydrogen) atoms. The summed E-state index contributed by atoms with van der Waals surface area (Å²) in [7, 11) is 0. The summed E-state index contributed by atoms with van der Waals surface area (Å²) in [6.45, 7) is 3.25. The van der Waals surface area contributed by atoms with E-state index in [1.165, 1.54) is 14.5 Å². The molecule has 0 saturated carbocycles. The Morgan fingerprint density at radius 1 is 1.17 bits per heavy atom. The number of carbonyl (C=O) groups excluding carboxylic acids is 2. The van der Waals surface area contributed by atoms with Gasteiger partial charge in [-0.2, -0.15) is 0 Å². The average Bonchev–Trinajstić information content (AvgIpc) is 3.47. The Balaban J connectivity index is 1.40. The molecule has 3 aromatic rings. The van der Waals surface area contributed by atoms with E-state index in [0.717, 1.165) is 35.5 Å². The first kappa shape index (κ1) is 19.2. The van der Waals surface area contributed by atoms with Crippen molar-refractivity contribution in [2.24, 2.45) is 0 Å². The monoisotopic (exact) mass is 421 g/mol. The van der Waals surface area contributed by atoms with Crippen LogP contribution < -0.4 is 10.2 Å². The zero-order chi connectivity index (χ0) is 20.7. The van der Waals surface area contributed by atoms with Crippen molar-refractivity contribution < 1.29 is 14.5 Å². The van der Waals surface area contributed by atoms with Crippen LogP contribution in [0.4, 0.5) is 4.79 Å². The molecule has 2 N–H and O–H groups in total. The summed E-state index contributed by atoms with van der Waals surface area (Å²) in [4.78, 5) is 33.8. The largest absolute Gasteiger partial charge is 0.329 e. The number of amides is 3. The van der Waals surface area contributed by atoms with Crippen molar-refractivity contribution in [3.8, 4) is 0 Å². The molecule has 1 unspecified atom stereocenters.